The average Bonchev–Trinajstić information content (AvgIpc) is 3.36. The number of carbonyl (C=O) groups is 2. The Morgan fingerprint density at radius 2 is 1.76 bits per heavy atom. The maximum Gasteiger partial charge on any atom is 0.409 e. The number of ether oxygens (including phenoxy) is 1. The topological polar surface area (TPSA) is 156 Å². The fraction of sp³-hybridized carbons (Fsp3) is 0.481. The van der Waals surface area contributed by atoms with Gasteiger partial charge in [0.2, 0.25) is 10.0 Å². The zero-order valence-corrected chi connectivity index (χ0v) is 24.7. The Bertz CT molecular complexity index is 1470. The molecule has 0 bridgehead atoms. The molecule has 4 rings (SSSR count). The number of aromatic nitrogens is 3. The van der Waals surface area contributed by atoms with Crippen LogP contribution in [-0.4, -0.2) is 96.9 Å². The molecule has 0 spiro atoms. The summed E-state index contributed by atoms with van der Waals surface area (Å²) >= 11 is 0. The predicted molar refractivity (Wildman–Crippen MR) is 157 cm³/mol. The number of hydrogen-bond acceptors (Lipinski definition) is 9. The van der Waals surface area contributed by atoms with Gasteiger partial charge in [-0.2, -0.15) is 0 Å². The Hall–Kier alpha value is -3.91. The SMILES string of the molecule is CCCS(=O)(=O)NC1CC(N(C)c2ncnc3c2ccn3C(=O)N(C)CCN(C)C(=O)OCc2ccc(N)cc2)C1. The van der Waals surface area contributed by atoms with E-state index in [4.69, 9.17) is 10.5 Å². The van der Waals surface area contributed by atoms with E-state index >= 15 is 0 Å². The van der Waals surface area contributed by atoms with Gasteiger partial charge in [-0.15, -0.1) is 0 Å². The number of nitrogen functional groups attached to an aromatic ring is 1. The summed E-state index contributed by atoms with van der Waals surface area (Å²) in [5, 5.41) is 0.718. The third-order valence-corrected chi connectivity index (χ3v) is 8.87. The van der Waals surface area contributed by atoms with Gasteiger partial charge in [-0.25, -0.2) is 32.7 Å². The summed E-state index contributed by atoms with van der Waals surface area (Å²) in [5.74, 6) is 0.796. The van der Waals surface area contributed by atoms with Crippen LogP contribution in [0.2, 0.25) is 0 Å². The number of likely N-dealkylation sites (N-methyl/N-ethyl adjacent to an activating group) is 2. The van der Waals surface area contributed by atoms with Crippen LogP contribution in [0.5, 0.6) is 0 Å². The Morgan fingerprint density at radius 1 is 1.07 bits per heavy atom. The minimum Gasteiger partial charge on any atom is -0.445 e. The molecule has 2 aromatic heterocycles. The Morgan fingerprint density at radius 3 is 2.44 bits per heavy atom. The molecule has 14 heteroatoms. The van der Waals surface area contributed by atoms with Crippen LogP contribution < -0.4 is 15.4 Å². The molecule has 1 fully saturated rings. The smallest absolute Gasteiger partial charge is 0.409 e. The normalized spacial score (nSPS) is 16.7. The lowest BCUT2D eigenvalue weighted by atomic mass is 9.86. The highest BCUT2D eigenvalue weighted by molar-refractivity contribution is 7.89. The number of benzene rings is 1. The summed E-state index contributed by atoms with van der Waals surface area (Å²) in [4.78, 5) is 39.4. The largest absolute Gasteiger partial charge is 0.445 e. The average molecular weight is 587 g/mol. The number of nitrogens with zero attached hydrogens (tertiary/aromatic N) is 6. The molecule has 0 unspecified atom stereocenters. The second-order valence-corrected chi connectivity index (χ2v) is 12.3. The standard InChI is InChI=1S/C27H38N8O5S/c1-5-14-41(38,39)31-21-15-22(16-21)34(4)24-23-10-11-35(25(23)30-18-29-24)26(36)32(2)12-13-33(3)27(37)40-17-19-6-8-20(28)9-7-19/h6-11,18,21-22,31H,5,12-17,28H2,1-4H3. The Balaban J connectivity index is 1.32. The molecule has 13 nitrogen and oxygen atoms in total. The lowest BCUT2D eigenvalue weighted by Crippen LogP contribution is -2.53. The second kappa shape index (κ2) is 12.7. The van der Waals surface area contributed by atoms with Gasteiger partial charge in [0.1, 0.15) is 18.8 Å². The highest BCUT2D eigenvalue weighted by Crippen LogP contribution is 2.32. The molecule has 3 N–H and O–H groups in total. The maximum atomic E-state index is 13.3. The molecule has 1 aromatic carbocycles. The minimum atomic E-state index is -3.26. The van der Waals surface area contributed by atoms with Crippen molar-refractivity contribution in [1.29, 1.82) is 0 Å². The van der Waals surface area contributed by atoms with Crippen molar-refractivity contribution in [3.63, 3.8) is 0 Å². The van der Waals surface area contributed by atoms with Crippen LogP contribution in [0, 0.1) is 0 Å². The van der Waals surface area contributed by atoms with E-state index in [0.717, 1.165) is 10.9 Å². The lowest BCUT2D eigenvalue weighted by Gasteiger charge is -2.41. The molecule has 1 aliphatic rings. The molecule has 1 aliphatic carbocycles. The fourth-order valence-electron chi connectivity index (χ4n) is 4.67. The first-order chi connectivity index (χ1) is 19.5. The van der Waals surface area contributed by atoms with E-state index < -0.39 is 16.1 Å². The van der Waals surface area contributed by atoms with Gasteiger partial charge < -0.3 is 25.2 Å². The molecule has 0 radical (unpaired) electrons. The molecule has 3 aromatic rings. The molecule has 0 atom stereocenters. The van der Waals surface area contributed by atoms with Crippen LogP contribution >= 0.6 is 0 Å². The molecular formula is C27H38N8O5S. The van der Waals surface area contributed by atoms with Crippen molar-refractivity contribution in [3.8, 4) is 0 Å². The van der Waals surface area contributed by atoms with Crippen molar-refractivity contribution < 1.29 is 22.7 Å². The van der Waals surface area contributed by atoms with Gasteiger partial charge in [0.15, 0.2) is 5.65 Å². The van der Waals surface area contributed by atoms with Crippen molar-refractivity contribution >= 4 is 44.7 Å². The van der Waals surface area contributed by atoms with Gasteiger partial charge in [-0.3, -0.25) is 4.57 Å². The highest BCUT2D eigenvalue weighted by Gasteiger charge is 2.35. The molecule has 41 heavy (non-hydrogen) atoms. The number of hydrogen-bond donors (Lipinski definition) is 2. The third kappa shape index (κ3) is 7.24. The van der Waals surface area contributed by atoms with E-state index in [-0.39, 0.29) is 43.6 Å². The molecule has 1 saturated carbocycles. The van der Waals surface area contributed by atoms with Crippen LogP contribution in [-0.2, 0) is 21.4 Å². The number of anilines is 2. The van der Waals surface area contributed by atoms with Gasteiger partial charge in [0.05, 0.1) is 11.1 Å². The number of carbonyl (C=O) groups excluding carboxylic acids is 2. The van der Waals surface area contributed by atoms with Crippen molar-refractivity contribution in [2.45, 2.75) is 44.9 Å². The van der Waals surface area contributed by atoms with E-state index in [1.807, 2.05) is 18.9 Å². The summed E-state index contributed by atoms with van der Waals surface area (Å²) < 4.78 is 33.7. The third-order valence-electron chi connectivity index (χ3n) is 7.23. The van der Waals surface area contributed by atoms with E-state index in [0.29, 0.717) is 36.4 Å². The summed E-state index contributed by atoms with van der Waals surface area (Å²) in [6.07, 6.45) is 4.49. The highest BCUT2D eigenvalue weighted by atomic mass is 32.2. The first-order valence-electron chi connectivity index (χ1n) is 13.5. The van der Waals surface area contributed by atoms with Gasteiger partial charge >= 0.3 is 12.1 Å². The maximum absolute atomic E-state index is 13.3. The first-order valence-corrected chi connectivity index (χ1v) is 15.2. The summed E-state index contributed by atoms with van der Waals surface area (Å²) in [6, 6.07) is 8.60. The molecule has 2 heterocycles. The van der Waals surface area contributed by atoms with Crippen molar-refractivity contribution in [3.05, 3.63) is 48.4 Å². The number of nitrogens with one attached hydrogen (secondary N) is 1. The Kier molecular flexibility index (Phi) is 9.33. The number of sulfonamides is 1. The monoisotopic (exact) mass is 586 g/mol. The van der Waals surface area contributed by atoms with Crippen molar-refractivity contribution in [2.75, 3.05) is 50.6 Å². The molecule has 222 valence electrons. The molecule has 2 amide bonds. The van der Waals surface area contributed by atoms with Gasteiger partial charge in [0.25, 0.3) is 0 Å². The van der Waals surface area contributed by atoms with Gasteiger partial charge in [0, 0.05) is 58.2 Å². The zero-order chi connectivity index (χ0) is 29.7. The van der Waals surface area contributed by atoms with Crippen LogP contribution in [0.3, 0.4) is 0 Å². The summed E-state index contributed by atoms with van der Waals surface area (Å²) in [6.45, 7) is 2.52. The number of nitrogens with two attached hydrogens (primary N) is 1. The molecule has 0 saturated heterocycles. The summed E-state index contributed by atoms with van der Waals surface area (Å²) in [7, 11) is 1.93. The van der Waals surface area contributed by atoms with Crippen LogP contribution in [0.25, 0.3) is 11.0 Å². The second-order valence-electron chi connectivity index (χ2n) is 10.4. The van der Waals surface area contributed by atoms with E-state index in [1.165, 1.54) is 20.7 Å². The van der Waals surface area contributed by atoms with E-state index in [1.54, 1.807) is 50.6 Å². The summed E-state index contributed by atoms with van der Waals surface area (Å²) in [5.41, 5.74) is 7.61. The Labute approximate surface area is 240 Å². The van der Waals surface area contributed by atoms with E-state index in [9.17, 15) is 18.0 Å². The van der Waals surface area contributed by atoms with Gasteiger partial charge in [-0.05, 0) is 43.0 Å². The number of amides is 2. The first kappa shape index (κ1) is 30.1. The van der Waals surface area contributed by atoms with Crippen LogP contribution in [0.1, 0.15) is 31.7 Å². The molecular weight excluding hydrogens is 548 g/mol. The van der Waals surface area contributed by atoms with Crippen molar-refractivity contribution in [1.82, 2.24) is 29.1 Å². The predicted octanol–water partition coefficient (Wildman–Crippen LogP) is 2.48. The number of rotatable bonds is 11. The quantitative estimate of drug-likeness (QED) is 0.322. The lowest BCUT2D eigenvalue weighted by molar-refractivity contribution is 0.102. The van der Waals surface area contributed by atoms with Gasteiger partial charge in [-0.1, -0.05) is 19.1 Å². The zero-order valence-electron chi connectivity index (χ0n) is 23.9. The van der Waals surface area contributed by atoms with Crippen LogP contribution in [0.15, 0.2) is 42.9 Å². The fourth-order valence-corrected chi connectivity index (χ4v) is 6.02. The van der Waals surface area contributed by atoms with E-state index in [2.05, 4.69) is 14.7 Å². The minimum absolute atomic E-state index is 0.0933. The number of fused-ring (bicyclic) bond motifs is 1. The molecule has 0 aliphatic heterocycles. The van der Waals surface area contributed by atoms with Crippen LogP contribution in [0.4, 0.5) is 21.1 Å². The van der Waals surface area contributed by atoms with Crippen molar-refractivity contribution in [2.24, 2.45) is 0 Å².